The summed E-state index contributed by atoms with van der Waals surface area (Å²) in [7, 11) is 1.60. The quantitative estimate of drug-likeness (QED) is 0.808. The molecule has 1 atom stereocenters. The van der Waals surface area contributed by atoms with Crippen molar-refractivity contribution in [1.82, 2.24) is 5.32 Å². The van der Waals surface area contributed by atoms with Crippen LogP contribution in [-0.4, -0.2) is 31.7 Å². The Bertz CT molecular complexity index is 215. The Morgan fingerprint density at radius 3 is 2.33 bits per heavy atom. The first-order valence-electron chi connectivity index (χ1n) is 6.78. The second-order valence-electron chi connectivity index (χ2n) is 4.91. The van der Waals surface area contributed by atoms with E-state index in [2.05, 4.69) is 5.32 Å². The highest BCUT2D eigenvalue weighted by Gasteiger charge is 2.16. The molecule has 1 fully saturated rings. The monoisotopic (exact) mass is 278 g/mol. The second-order valence-corrected chi connectivity index (χ2v) is 4.91. The Balaban J connectivity index is 0.00000289. The van der Waals surface area contributed by atoms with E-state index in [-0.39, 0.29) is 24.4 Å². The van der Waals surface area contributed by atoms with Gasteiger partial charge in [-0.3, -0.25) is 4.79 Å². The van der Waals surface area contributed by atoms with Crippen molar-refractivity contribution in [2.24, 2.45) is 5.73 Å². The maximum atomic E-state index is 11.8. The molecule has 0 aromatic heterocycles. The van der Waals surface area contributed by atoms with E-state index in [1.165, 1.54) is 32.1 Å². The second kappa shape index (κ2) is 10.6. The number of carbonyl (C=O) groups excluding carboxylic acids is 1. The molecule has 1 unspecified atom stereocenters. The lowest BCUT2D eigenvalue weighted by Crippen LogP contribution is -2.38. The number of amides is 1. The van der Waals surface area contributed by atoms with E-state index in [0.29, 0.717) is 19.0 Å². The first-order chi connectivity index (χ1) is 8.26. The first-order valence-corrected chi connectivity index (χ1v) is 6.78. The van der Waals surface area contributed by atoms with Gasteiger partial charge in [0.25, 0.3) is 0 Å². The fourth-order valence-corrected chi connectivity index (χ4v) is 2.36. The average Bonchev–Trinajstić information content (AvgIpc) is 2.29. The van der Waals surface area contributed by atoms with Crippen LogP contribution in [0.1, 0.15) is 51.4 Å². The van der Waals surface area contributed by atoms with Crippen molar-refractivity contribution in [3.8, 4) is 0 Å². The van der Waals surface area contributed by atoms with Gasteiger partial charge in [0.1, 0.15) is 0 Å². The average molecular weight is 279 g/mol. The molecule has 0 aromatic carbocycles. The summed E-state index contributed by atoms with van der Waals surface area (Å²) in [6, 6.07) is 0.359. The molecule has 1 saturated carbocycles. The molecule has 1 aliphatic carbocycles. The summed E-state index contributed by atoms with van der Waals surface area (Å²) >= 11 is 0. The zero-order valence-corrected chi connectivity index (χ0v) is 12.1. The van der Waals surface area contributed by atoms with E-state index in [4.69, 9.17) is 10.5 Å². The Morgan fingerprint density at radius 2 is 1.83 bits per heavy atom. The maximum Gasteiger partial charge on any atom is 0.222 e. The molecule has 1 aliphatic rings. The number of nitrogens with two attached hydrogens (primary N) is 1. The summed E-state index contributed by atoms with van der Waals surface area (Å²) in [5.74, 6) is 0.0767. The van der Waals surface area contributed by atoms with Gasteiger partial charge in [0.15, 0.2) is 0 Å². The minimum absolute atomic E-state index is 0. The highest BCUT2D eigenvalue weighted by atomic mass is 35.5. The van der Waals surface area contributed by atoms with Crippen molar-refractivity contribution in [1.29, 1.82) is 0 Å². The standard InChI is InChI=1S/C13H26N2O2.ClH/c1-17-12(10-14)9-13(16)15-11-7-5-3-2-4-6-8-11;/h11-12H,2-10,14H2,1H3,(H,15,16);1H. The van der Waals surface area contributed by atoms with Crippen LogP contribution in [0.3, 0.4) is 0 Å². The maximum absolute atomic E-state index is 11.8. The largest absolute Gasteiger partial charge is 0.380 e. The van der Waals surface area contributed by atoms with E-state index < -0.39 is 0 Å². The highest BCUT2D eigenvalue weighted by Crippen LogP contribution is 2.17. The van der Waals surface area contributed by atoms with Gasteiger partial charge in [-0.1, -0.05) is 32.1 Å². The number of methoxy groups -OCH3 is 1. The van der Waals surface area contributed by atoms with E-state index >= 15 is 0 Å². The van der Waals surface area contributed by atoms with Crippen LogP contribution < -0.4 is 11.1 Å². The molecule has 0 aromatic rings. The van der Waals surface area contributed by atoms with Gasteiger partial charge in [-0.2, -0.15) is 0 Å². The number of nitrogens with one attached hydrogen (secondary N) is 1. The topological polar surface area (TPSA) is 64.3 Å². The van der Waals surface area contributed by atoms with Crippen LogP contribution in [0.15, 0.2) is 0 Å². The van der Waals surface area contributed by atoms with Crippen LogP contribution in [0.2, 0.25) is 0 Å². The van der Waals surface area contributed by atoms with Crippen LogP contribution >= 0.6 is 12.4 Å². The van der Waals surface area contributed by atoms with Gasteiger partial charge in [-0.05, 0) is 12.8 Å². The highest BCUT2D eigenvalue weighted by molar-refractivity contribution is 5.85. The molecule has 1 amide bonds. The Labute approximate surface area is 116 Å². The molecule has 5 heteroatoms. The lowest BCUT2D eigenvalue weighted by molar-refractivity contribution is -0.124. The van der Waals surface area contributed by atoms with Crippen LogP contribution in [-0.2, 0) is 9.53 Å². The number of carbonyl (C=O) groups is 1. The molecule has 0 bridgehead atoms. The van der Waals surface area contributed by atoms with Gasteiger partial charge in [0.05, 0.1) is 12.5 Å². The number of hydrogen-bond acceptors (Lipinski definition) is 3. The molecule has 1 rings (SSSR count). The molecule has 0 spiro atoms. The number of ether oxygens (including phenoxy) is 1. The Hall–Kier alpha value is -0.320. The van der Waals surface area contributed by atoms with Crippen molar-refractivity contribution < 1.29 is 9.53 Å². The van der Waals surface area contributed by atoms with Crippen molar-refractivity contribution in [2.75, 3.05) is 13.7 Å². The lowest BCUT2D eigenvalue weighted by Gasteiger charge is -2.22. The fourth-order valence-electron chi connectivity index (χ4n) is 2.36. The molecule has 0 heterocycles. The predicted molar refractivity (Wildman–Crippen MR) is 76.0 cm³/mol. The van der Waals surface area contributed by atoms with Gasteiger partial charge < -0.3 is 15.8 Å². The predicted octanol–water partition coefficient (Wildman–Crippen LogP) is 2.00. The van der Waals surface area contributed by atoms with E-state index in [9.17, 15) is 4.79 Å². The minimum atomic E-state index is -0.149. The molecule has 0 saturated heterocycles. The summed E-state index contributed by atoms with van der Waals surface area (Å²) in [6.45, 7) is 0.397. The molecule has 18 heavy (non-hydrogen) atoms. The third-order valence-electron chi connectivity index (χ3n) is 3.48. The molecular formula is C13H27ClN2O2. The molecular weight excluding hydrogens is 252 g/mol. The Kier molecular flexibility index (Phi) is 10.4. The van der Waals surface area contributed by atoms with Gasteiger partial charge in [0.2, 0.25) is 5.91 Å². The fraction of sp³-hybridized carbons (Fsp3) is 0.923. The minimum Gasteiger partial charge on any atom is -0.380 e. The van der Waals surface area contributed by atoms with Crippen molar-refractivity contribution in [3.63, 3.8) is 0 Å². The van der Waals surface area contributed by atoms with E-state index in [1.54, 1.807) is 7.11 Å². The van der Waals surface area contributed by atoms with Crippen LogP contribution in [0.25, 0.3) is 0 Å². The summed E-state index contributed by atoms with van der Waals surface area (Å²) in [5, 5.41) is 3.11. The third-order valence-corrected chi connectivity index (χ3v) is 3.48. The van der Waals surface area contributed by atoms with Crippen LogP contribution in [0.4, 0.5) is 0 Å². The summed E-state index contributed by atoms with van der Waals surface area (Å²) in [6.07, 6.45) is 8.88. The van der Waals surface area contributed by atoms with Gasteiger partial charge >= 0.3 is 0 Å². The molecule has 0 radical (unpaired) electrons. The van der Waals surface area contributed by atoms with Gasteiger partial charge in [-0.15, -0.1) is 12.4 Å². The normalized spacial score (nSPS) is 19.2. The summed E-state index contributed by atoms with van der Waals surface area (Å²) < 4.78 is 5.12. The summed E-state index contributed by atoms with van der Waals surface area (Å²) in [5.41, 5.74) is 5.51. The molecule has 4 nitrogen and oxygen atoms in total. The van der Waals surface area contributed by atoms with Gasteiger partial charge in [0, 0.05) is 19.7 Å². The zero-order valence-electron chi connectivity index (χ0n) is 11.3. The zero-order chi connectivity index (χ0) is 12.5. The third kappa shape index (κ3) is 7.19. The lowest BCUT2D eigenvalue weighted by atomic mass is 9.96. The molecule has 0 aliphatic heterocycles. The van der Waals surface area contributed by atoms with E-state index in [1.807, 2.05) is 0 Å². The SMILES string of the molecule is COC(CN)CC(=O)NC1CCCCCCC1.Cl. The summed E-state index contributed by atoms with van der Waals surface area (Å²) in [4.78, 5) is 11.8. The Morgan fingerprint density at radius 1 is 1.28 bits per heavy atom. The van der Waals surface area contributed by atoms with Crippen molar-refractivity contribution in [3.05, 3.63) is 0 Å². The van der Waals surface area contributed by atoms with Crippen molar-refractivity contribution >= 4 is 18.3 Å². The van der Waals surface area contributed by atoms with Gasteiger partial charge in [-0.25, -0.2) is 0 Å². The smallest absolute Gasteiger partial charge is 0.222 e. The van der Waals surface area contributed by atoms with Crippen molar-refractivity contribution in [2.45, 2.75) is 63.5 Å². The molecule has 3 N–H and O–H groups in total. The van der Waals surface area contributed by atoms with Crippen LogP contribution in [0.5, 0.6) is 0 Å². The number of halogens is 1. The first kappa shape index (κ1) is 17.7. The molecule has 108 valence electrons. The van der Waals surface area contributed by atoms with Crippen LogP contribution in [0, 0.1) is 0 Å². The number of hydrogen-bond donors (Lipinski definition) is 2. The number of rotatable bonds is 5. The van der Waals surface area contributed by atoms with E-state index in [0.717, 1.165) is 12.8 Å².